The molecule has 0 saturated carbocycles. The van der Waals surface area contributed by atoms with E-state index in [1.165, 1.54) is 7.11 Å². The molecule has 2 aromatic rings. The number of methoxy groups -OCH3 is 2. The minimum absolute atomic E-state index is 0.121. The number of hydrogen-bond donors (Lipinski definition) is 1. The van der Waals surface area contributed by atoms with Gasteiger partial charge in [-0.15, -0.1) is 0 Å². The maximum atomic E-state index is 12.4. The summed E-state index contributed by atoms with van der Waals surface area (Å²) in [7, 11) is 4.87. The minimum Gasteiger partial charge on any atom is -0.497 e. The van der Waals surface area contributed by atoms with Crippen LogP contribution in [0.15, 0.2) is 30.5 Å². The van der Waals surface area contributed by atoms with Gasteiger partial charge in [0.2, 0.25) is 11.8 Å². The number of benzene rings is 1. The number of anilines is 2. The van der Waals surface area contributed by atoms with Crippen LogP contribution in [0.3, 0.4) is 0 Å². The Hall–Kier alpha value is -3.03. The van der Waals surface area contributed by atoms with E-state index in [4.69, 9.17) is 9.47 Å². The highest BCUT2D eigenvalue weighted by Crippen LogP contribution is 2.35. The molecule has 1 fully saturated rings. The van der Waals surface area contributed by atoms with Crippen molar-refractivity contribution >= 4 is 23.3 Å². The first-order valence-corrected chi connectivity index (χ1v) is 7.84. The number of hydrogen-bond acceptors (Lipinski definition) is 5. The zero-order valence-electron chi connectivity index (χ0n) is 14.4. The maximum absolute atomic E-state index is 12.4. The molecule has 1 aromatic carbocycles. The number of carbonyl (C=O) groups excluding carboxylic acids is 2. The van der Waals surface area contributed by atoms with Crippen molar-refractivity contribution in [2.24, 2.45) is 13.0 Å². The summed E-state index contributed by atoms with van der Waals surface area (Å²) in [5.74, 6) is 0.851. The second kappa shape index (κ2) is 6.84. The van der Waals surface area contributed by atoms with E-state index in [1.807, 2.05) is 0 Å². The number of aryl methyl sites for hydroxylation is 1. The standard InChI is InChI=1S/C17H20N4O4/c1-20-7-6-15(19-20)18-17(23)11-8-16(22)21(10-11)13-5-4-12(24-2)9-14(13)25-3/h4-7,9,11H,8,10H2,1-3H3,(H,18,19,23). The smallest absolute Gasteiger partial charge is 0.231 e. The fourth-order valence-electron chi connectivity index (χ4n) is 2.83. The molecule has 8 nitrogen and oxygen atoms in total. The van der Waals surface area contributed by atoms with Crippen molar-refractivity contribution in [2.75, 3.05) is 31.0 Å². The average molecular weight is 344 g/mol. The molecule has 1 atom stereocenters. The highest BCUT2D eigenvalue weighted by Gasteiger charge is 2.36. The molecule has 25 heavy (non-hydrogen) atoms. The van der Waals surface area contributed by atoms with Crippen LogP contribution in [0.4, 0.5) is 11.5 Å². The van der Waals surface area contributed by atoms with Crippen LogP contribution < -0.4 is 19.7 Å². The Bertz CT molecular complexity index is 802. The van der Waals surface area contributed by atoms with Crippen LogP contribution in [-0.4, -0.2) is 42.4 Å². The van der Waals surface area contributed by atoms with Crippen molar-refractivity contribution in [1.29, 1.82) is 0 Å². The summed E-state index contributed by atoms with van der Waals surface area (Å²) in [6.45, 7) is 0.292. The summed E-state index contributed by atoms with van der Waals surface area (Å²) in [5, 5.41) is 6.86. The van der Waals surface area contributed by atoms with Gasteiger partial charge in [-0.25, -0.2) is 0 Å². The van der Waals surface area contributed by atoms with Gasteiger partial charge >= 0.3 is 0 Å². The summed E-state index contributed by atoms with van der Waals surface area (Å²) in [6, 6.07) is 6.93. The largest absolute Gasteiger partial charge is 0.497 e. The van der Waals surface area contributed by atoms with Gasteiger partial charge in [0, 0.05) is 38.3 Å². The number of carbonyl (C=O) groups is 2. The molecule has 1 N–H and O–H groups in total. The number of amides is 2. The zero-order chi connectivity index (χ0) is 18.0. The van der Waals surface area contributed by atoms with E-state index < -0.39 is 5.92 Å². The van der Waals surface area contributed by atoms with E-state index >= 15 is 0 Å². The quantitative estimate of drug-likeness (QED) is 0.887. The first-order valence-electron chi connectivity index (χ1n) is 7.84. The van der Waals surface area contributed by atoms with Gasteiger partial charge in [-0.1, -0.05) is 0 Å². The summed E-state index contributed by atoms with van der Waals surface area (Å²) in [6.07, 6.45) is 1.89. The Morgan fingerprint density at radius 2 is 2.08 bits per heavy atom. The lowest BCUT2D eigenvalue weighted by molar-refractivity contribution is -0.122. The first-order chi connectivity index (χ1) is 12.0. The summed E-state index contributed by atoms with van der Waals surface area (Å²) in [4.78, 5) is 26.4. The van der Waals surface area contributed by atoms with Crippen LogP contribution in [0.2, 0.25) is 0 Å². The van der Waals surface area contributed by atoms with Crippen molar-refractivity contribution in [3.05, 3.63) is 30.5 Å². The molecule has 0 aliphatic carbocycles. The van der Waals surface area contributed by atoms with Gasteiger partial charge in [0.15, 0.2) is 5.82 Å². The molecule has 8 heteroatoms. The van der Waals surface area contributed by atoms with Crippen molar-refractivity contribution < 1.29 is 19.1 Å². The number of ether oxygens (including phenoxy) is 2. The fraction of sp³-hybridized carbons (Fsp3) is 0.353. The average Bonchev–Trinajstić information content (AvgIpc) is 3.19. The Balaban J connectivity index is 1.75. The topological polar surface area (TPSA) is 85.7 Å². The Morgan fingerprint density at radius 3 is 2.72 bits per heavy atom. The normalized spacial score (nSPS) is 16.8. The predicted octanol–water partition coefficient (Wildman–Crippen LogP) is 1.43. The molecule has 1 aliphatic rings. The summed E-state index contributed by atoms with van der Waals surface area (Å²) < 4.78 is 12.1. The highest BCUT2D eigenvalue weighted by atomic mass is 16.5. The van der Waals surface area contributed by atoms with Crippen LogP contribution in [0, 0.1) is 5.92 Å². The third-order valence-corrected chi connectivity index (χ3v) is 4.14. The molecule has 3 rings (SSSR count). The number of nitrogens with zero attached hydrogens (tertiary/aromatic N) is 3. The molecular formula is C17H20N4O4. The van der Waals surface area contributed by atoms with Gasteiger partial charge in [0.25, 0.3) is 0 Å². The van der Waals surface area contributed by atoms with Crippen molar-refractivity contribution in [1.82, 2.24) is 9.78 Å². The van der Waals surface area contributed by atoms with Gasteiger partial charge in [-0.3, -0.25) is 14.3 Å². The number of rotatable bonds is 5. The van der Waals surface area contributed by atoms with E-state index in [0.29, 0.717) is 29.5 Å². The summed E-state index contributed by atoms with van der Waals surface area (Å²) >= 11 is 0. The number of nitrogens with one attached hydrogen (secondary N) is 1. The fourth-order valence-corrected chi connectivity index (χ4v) is 2.83. The van der Waals surface area contributed by atoms with E-state index in [-0.39, 0.29) is 18.2 Å². The molecule has 1 saturated heterocycles. The molecule has 1 aromatic heterocycles. The van der Waals surface area contributed by atoms with Crippen molar-refractivity contribution in [3.63, 3.8) is 0 Å². The third-order valence-electron chi connectivity index (χ3n) is 4.14. The monoisotopic (exact) mass is 344 g/mol. The summed E-state index contributed by atoms with van der Waals surface area (Å²) in [5.41, 5.74) is 0.626. The van der Waals surface area contributed by atoms with E-state index in [9.17, 15) is 9.59 Å². The molecule has 2 amide bonds. The third kappa shape index (κ3) is 3.42. The lowest BCUT2D eigenvalue weighted by Gasteiger charge is -2.20. The molecule has 132 valence electrons. The highest BCUT2D eigenvalue weighted by molar-refractivity contribution is 6.04. The molecular weight excluding hydrogens is 324 g/mol. The molecule has 0 spiro atoms. The lowest BCUT2D eigenvalue weighted by Crippen LogP contribution is -2.28. The molecule has 1 unspecified atom stereocenters. The Labute approximate surface area is 145 Å². The van der Waals surface area contributed by atoms with E-state index in [1.54, 1.807) is 54.2 Å². The van der Waals surface area contributed by atoms with Crippen molar-refractivity contribution in [2.45, 2.75) is 6.42 Å². The predicted molar refractivity (Wildman–Crippen MR) is 91.8 cm³/mol. The Kier molecular flexibility index (Phi) is 4.60. The van der Waals surface area contributed by atoms with Gasteiger partial charge in [0.1, 0.15) is 11.5 Å². The van der Waals surface area contributed by atoms with Gasteiger partial charge in [-0.2, -0.15) is 5.10 Å². The van der Waals surface area contributed by atoms with Crippen LogP contribution in [-0.2, 0) is 16.6 Å². The van der Waals surface area contributed by atoms with Crippen LogP contribution in [0.25, 0.3) is 0 Å². The lowest BCUT2D eigenvalue weighted by atomic mass is 10.1. The van der Waals surface area contributed by atoms with Crippen LogP contribution in [0.5, 0.6) is 11.5 Å². The number of aromatic nitrogens is 2. The van der Waals surface area contributed by atoms with Gasteiger partial charge < -0.3 is 19.7 Å². The van der Waals surface area contributed by atoms with E-state index in [0.717, 1.165) is 0 Å². The van der Waals surface area contributed by atoms with Gasteiger partial charge in [-0.05, 0) is 12.1 Å². The second-order valence-corrected chi connectivity index (χ2v) is 5.81. The molecule has 0 bridgehead atoms. The van der Waals surface area contributed by atoms with E-state index in [2.05, 4.69) is 10.4 Å². The SMILES string of the molecule is COc1ccc(N2CC(C(=O)Nc3ccn(C)n3)CC2=O)c(OC)c1. The minimum atomic E-state index is -0.443. The zero-order valence-corrected chi connectivity index (χ0v) is 14.4. The maximum Gasteiger partial charge on any atom is 0.231 e. The molecule has 2 heterocycles. The first kappa shape index (κ1) is 16.8. The van der Waals surface area contributed by atoms with Crippen molar-refractivity contribution in [3.8, 4) is 11.5 Å². The van der Waals surface area contributed by atoms with Crippen LogP contribution >= 0.6 is 0 Å². The molecule has 0 radical (unpaired) electrons. The molecule has 1 aliphatic heterocycles. The van der Waals surface area contributed by atoms with Crippen LogP contribution in [0.1, 0.15) is 6.42 Å². The van der Waals surface area contributed by atoms with Gasteiger partial charge in [0.05, 0.1) is 25.8 Å². The second-order valence-electron chi connectivity index (χ2n) is 5.81. The Morgan fingerprint density at radius 1 is 1.28 bits per heavy atom.